The molecule has 1 amide bonds. The van der Waals surface area contributed by atoms with Crippen molar-refractivity contribution in [1.29, 1.82) is 0 Å². The van der Waals surface area contributed by atoms with Gasteiger partial charge in [0.1, 0.15) is 0 Å². The summed E-state index contributed by atoms with van der Waals surface area (Å²) >= 11 is 9.33. The first-order valence-corrected chi connectivity index (χ1v) is 7.92. The van der Waals surface area contributed by atoms with Crippen LogP contribution < -0.4 is 0 Å². The minimum absolute atomic E-state index is 0.0103. The Bertz CT molecular complexity index is 686. The van der Waals surface area contributed by atoms with Gasteiger partial charge in [0.2, 0.25) is 0 Å². The van der Waals surface area contributed by atoms with Gasteiger partial charge in [-0.05, 0) is 53.9 Å². The molecule has 21 heavy (non-hydrogen) atoms. The Morgan fingerprint density at radius 3 is 2.95 bits per heavy atom. The standard InChI is InChI=1S/C15H14BrClN2O2/c1-9-7-14(21-18-9)13-3-2-6-19(13)15(20)10-4-5-12(17)11(16)8-10/h4-5,7-8,13H,2-3,6H2,1H3. The molecule has 1 aliphatic heterocycles. The van der Waals surface area contributed by atoms with Gasteiger partial charge in [-0.3, -0.25) is 4.79 Å². The minimum Gasteiger partial charge on any atom is -0.359 e. The Morgan fingerprint density at radius 2 is 2.29 bits per heavy atom. The van der Waals surface area contributed by atoms with E-state index in [1.807, 2.05) is 17.9 Å². The van der Waals surface area contributed by atoms with E-state index in [1.54, 1.807) is 18.2 Å². The van der Waals surface area contributed by atoms with Crippen LogP contribution in [0.5, 0.6) is 0 Å². The maximum atomic E-state index is 12.7. The first-order valence-electron chi connectivity index (χ1n) is 6.75. The van der Waals surface area contributed by atoms with Crippen LogP contribution in [-0.2, 0) is 0 Å². The van der Waals surface area contributed by atoms with Gasteiger partial charge in [-0.25, -0.2) is 0 Å². The van der Waals surface area contributed by atoms with E-state index in [0.717, 1.165) is 35.3 Å². The highest BCUT2D eigenvalue weighted by molar-refractivity contribution is 9.10. The summed E-state index contributed by atoms with van der Waals surface area (Å²) in [4.78, 5) is 14.5. The highest BCUT2D eigenvalue weighted by atomic mass is 79.9. The number of aryl methyl sites for hydroxylation is 1. The Labute approximate surface area is 136 Å². The lowest BCUT2D eigenvalue weighted by Crippen LogP contribution is -2.30. The zero-order chi connectivity index (χ0) is 15.0. The van der Waals surface area contributed by atoms with Crippen molar-refractivity contribution in [3.8, 4) is 0 Å². The van der Waals surface area contributed by atoms with E-state index in [4.69, 9.17) is 16.1 Å². The van der Waals surface area contributed by atoms with Gasteiger partial charge >= 0.3 is 0 Å². The van der Waals surface area contributed by atoms with Gasteiger partial charge < -0.3 is 9.42 Å². The Balaban J connectivity index is 1.87. The smallest absolute Gasteiger partial charge is 0.254 e. The maximum Gasteiger partial charge on any atom is 0.254 e. The molecule has 2 aromatic rings. The zero-order valence-electron chi connectivity index (χ0n) is 11.5. The van der Waals surface area contributed by atoms with Crippen LogP contribution in [0.25, 0.3) is 0 Å². The van der Waals surface area contributed by atoms with Gasteiger partial charge in [-0.15, -0.1) is 0 Å². The van der Waals surface area contributed by atoms with Crippen molar-refractivity contribution in [3.05, 3.63) is 50.8 Å². The van der Waals surface area contributed by atoms with Crippen molar-refractivity contribution in [2.45, 2.75) is 25.8 Å². The summed E-state index contributed by atoms with van der Waals surface area (Å²) in [7, 11) is 0. The van der Waals surface area contributed by atoms with Crippen LogP contribution in [0.15, 0.2) is 33.3 Å². The molecular weight excluding hydrogens is 356 g/mol. The summed E-state index contributed by atoms with van der Waals surface area (Å²) in [5.41, 5.74) is 1.45. The predicted molar refractivity (Wildman–Crippen MR) is 83.4 cm³/mol. The average Bonchev–Trinajstić information content (AvgIpc) is 3.09. The molecule has 0 saturated carbocycles. The minimum atomic E-state index is -0.0341. The van der Waals surface area contributed by atoms with E-state index in [2.05, 4.69) is 21.1 Å². The van der Waals surface area contributed by atoms with Crippen molar-refractivity contribution >= 4 is 33.4 Å². The molecule has 1 aromatic heterocycles. The third kappa shape index (κ3) is 2.85. The fourth-order valence-electron chi connectivity index (χ4n) is 2.64. The van der Waals surface area contributed by atoms with Crippen molar-refractivity contribution in [2.75, 3.05) is 6.54 Å². The molecule has 6 heteroatoms. The number of amides is 1. The van der Waals surface area contributed by atoms with Crippen LogP contribution in [-0.4, -0.2) is 22.5 Å². The molecule has 0 bridgehead atoms. The number of carbonyl (C=O) groups is 1. The van der Waals surface area contributed by atoms with Gasteiger partial charge in [0.25, 0.3) is 5.91 Å². The van der Waals surface area contributed by atoms with Crippen molar-refractivity contribution in [2.24, 2.45) is 0 Å². The van der Waals surface area contributed by atoms with Gasteiger partial charge in [0.15, 0.2) is 5.76 Å². The van der Waals surface area contributed by atoms with Crippen molar-refractivity contribution in [3.63, 3.8) is 0 Å². The van der Waals surface area contributed by atoms with Crippen LogP contribution in [0.3, 0.4) is 0 Å². The summed E-state index contributed by atoms with van der Waals surface area (Å²) < 4.78 is 6.06. The molecule has 1 atom stereocenters. The molecule has 0 aliphatic carbocycles. The van der Waals surface area contributed by atoms with E-state index < -0.39 is 0 Å². The number of nitrogens with zero attached hydrogens (tertiary/aromatic N) is 2. The Hall–Kier alpha value is -1.33. The quantitative estimate of drug-likeness (QED) is 0.789. The Morgan fingerprint density at radius 1 is 1.48 bits per heavy atom. The normalized spacial score (nSPS) is 18.2. The molecule has 1 saturated heterocycles. The number of halogens is 2. The zero-order valence-corrected chi connectivity index (χ0v) is 13.8. The molecule has 2 heterocycles. The largest absolute Gasteiger partial charge is 0.359 e. The second kappa shape index (κ2) is 5.81. The number of carbonyl (C=O) groups excluding carboxylic acids is 1. The predicted octanol–water partition coefficient (Wildman–Crippen LogP) is 4.38. The molecule has 0 radical (unpaired) electrons. The summed E-state index contributed by atoms with van der Waals surface area (Å²) in [5, 5.41) is 4.51. The van der Waals surface area contributed by atoms with Crippen molar-refractivity contribution in [1.82, 2.24) is 10.1 Å². The number of hydrogen-bond donors (Lipinski definition) is 0. The van der Waals surface area contributed by atoms with Gasteiger partial charge in [0, 0.05) is 22.6 Å². The molecule has 3 rings (SSSR count). The topological polar surface area (TPSA) is 46.3 Å². The molecule has 110 valence electrons. The number of aromatic nitrogens is 1. The third-order valence-electron chi connectivity index (χ3n) is 3.65. The molecule has 0 N–H and O–H groups in total. The van der Waals surface area contributed by atoms with Crippen LogP contribution >= 0.6 is 27.5 Å². The van der Waals surface area contributed by atoms with Crippen LogP contribution in [0.2, 0.25) is 5.02 Å². The molecule has 0 spiro atoms. The van der Waals surface area contributed by atoms with E-state index >= 15 is 0 Å². The molecule has 1 fully saturated rings. The second-order valence-electron chi connectivity index (χ2n) is 5.16. The monoisotopic (exact) mass is 368 g/mol. The lowest BCUT2D eigenvalue weighted by atomic mass is 10.1. The number of rotatable bonds is 2. The summed E-state index contributed by atoms with van der Waals surface area (Å²) in [5.74, 6) is 0.746. The van der Waals surface area contributed by atoms with Crippen molar-refractivity contribution < 1.29 is 9.32 Å². The van der Waals surface area contributed by atoms with Gasteiger partial charge in [-0.2, -0.15) is 0 Å². The van der Waals surface area contributed by atoms with E-state index in [-0.39, 0.29) is 11.9 Å². The second-order valence-corrected chi connectivity index (χ2v) is 6.42. The number of benzene rings is 1. The lowest BCUT2D eigenvalue weighted by Gasteiger charge is -2.22. The summed E-state index contributed by atoms with van der Waals surface area (Å²) in [6.45, 7) is 2.61. The SMILES string of the molecule is Cc1cc(C2CCCN2C(=O)c2ccc(Cl)c(Br)c2)on1. The highest BCUT2D eigenvalue weighted by Crippen LogP contribution is 2.34. The van der Waals surface area contributed by atoms with Gasteiger partial charge in [-0.1, -0.05) is 16.8 Å². The van der Waals surface area contributed by atoms with Crippen LogP contribution in [0.1, 0.15) is 40.7 Å². The van der Waals surface area contributed by atoms with E-state index in [1.165, 1.54) is 0 Å². The lowest BCUT2D eigenvalue weighted by molar-refractivity contribution is 0.0714. The maximum absolute atomic E-state index is 12.7. The summed E-state index contributed by atoms with van der Waals surface area (Å²) in [6.07, 6.45) is 1.86. The van der Waals surface area contributed by atoms with Crippen LogP contribution in [0.4, 0.5) is 0 Å². The summed E-state index contributed by atoms with van der Waals surface area (Å²) in [6, 6.07) is 7.09. The number of hydrogen-bond acceptors (Lipinski definition) is 3. The average molecular weight is 370 g/mol. The first kappa shape index (κ1) is 14.6. The molecule has 1 unspecified atom stereocenters. The first-order chi connectivity index (χ1) is 10.1. The molecule has 1 aromatic carbocycles. The van der Waals surface area contributed by atoms with Gasteiger partial charge in [0.05, 0.1) is 16.8 Å². The molecule has 4 nitrogen and oxygen atoms in total. The van der Waals surface area contributed by atoms with E-state index in [0.29, 0.717) is 10.6 Å². The molecule has 1 aliphatic rings. The fraction of sp³-hybridized carbons (Fsp3) is 0.333. The molecular formula is C15H14BrClN2O2. The fourth-order valence-corrected chi connectivity index (χ4v) is 3.14. The third-order valence-corrected chi connectivity index (χ3v) is 4.87. The van der Waals surface area contributed by atoms with Crippen LogP contribution in [0, 0.1) is 6.92 Å². The van der Waals surface area contributed by atoms with E-state index in [9.17, 15) is 4.79 Å². The highest BCUT2D eigenvalue weighted by Gasteiger charge is 2.33. The Kier molecular flexibility index (Phi) is 4.04. The number of likely N-dealkylation sites (tertiary alicyclic amines) is 1.